The number of nitrogens with one attached hydrogen (secondary N) is 1. The van der Waals surface area contributed by atoms with E-state index >= 15 is 0 Å². The number of aromatic nitrogens is 3. The Labute approximate surface area is 168 Å². The first-order chi connectivity index (χ1) is 14.1. The summed E-state index contributed by atoms with van der Waals surface area (Å²) in [5, 5.41) is 4.75. The lowest BCUT2D eigenvalue weighted by molar-refractivity contribution is -0.121. The number of carbonyl (C=O) groups is 1. The maximum atomic E-state index is 12.6. The van der Waals surface area contributed by atoms with Gasteiger partial charge in [0.15, 0.2) is 0 Å². The van der Waals surface area contributed by atoms with E-state index in [0.29, 0.717) is 18.5 Å². The minimum atomic E-state index is -0.106. The number of aryl methyl sites for hydroxylation is 3. The molecule has 0 atom stereocenters. The molecule has 4 aromatic rings. The number of fused-ring (bicyclic) bond motifs is 2. The van der Waals surface area contributed by atoms with E-state index in [1.807, 2.05) is 31.2 Å². The van der Waals surface area contributed by atoms with Crippen LogP contribution in [0, 0.1) is 6.92 Å². The number of benzene rings is 2. The molecule has 6 heteroatoms. The Morgan fingerprint density at radius 2 is 1.90 bits per heavy atom. The quantitative estimate of drug-likeness (QED) is 0.494. The summed E-state index contributed by atoms with van der Waals surface area (Å²) in [6.07, 6.45) is 4.71. The molecular formula is C23H24N4O2. The smallest absolute Gasteiger partial charge is 0.261 e. The molecule has 6 nitrogen and oxygen atoms in total. The third-order valence-corrected chi connectivity index (χ3v) is 5.21. The van der Waals surface area contributed by atoms with Crippen molar-refractivity contribution in [3.8, 4) is 0 Å². The van der Waals surface area contributed by atoms with Crippen LogP contribution in [-0.2, 0) is 17.9 Å². The Bertz CT molecular complexity index is 1220. The van der Waals surface area contributed by atoms with Gasteiger partial charge in [0.25, 0.3) is 5.56 Å². The lowest BCUT2D eigenvalue weighted by atomic mass is 10.1. The van der Waals surface area contributed by atoms with Gasteiger partial charge in [-0.25, -0.2) is 4.98 Å². The van der Waals surface area contributed by atoms with Gasteiger partial charge in [0, 0.05) is 37.8 Å². The lowest BCUT2D eigenvalue weighted by Gasteiger charge is -2.09. The highest BCUT2D eigenvalue weighted by Crippen LogP contribution is 2.15. The van der Waals surface area contributed by atoms with Gasteiger partial charge in [0.1, 0.15) is 0 Å². The highest BCUT2D eigenvalue weighted by Gasteiger charge is 2.08. The van der Waals surface area contributed by atoms with Crippen molar-refractivity contribution in [2.75, 3.05) is 6.54 Å². The van der Waals surface area contributed by atoms with Crippen molar-refractivity contribution in [2.45, 2.75) is 32.9 Å². The van der Waals surface area contributed by atoms with Crippen molar-refractivity contribution in [3.05, 3.63) is 77.0 Å². The number of nitrogens with zero attached hydrogens (tertiary/aromatic N) is 3. The molecule has 0 fully saturated rings. The van der Waals surface area contributed by atoms with Crippen molar-refractivity contribution in [2.24, 2.45) is 0 Å². The van der Waals surface area contributed by atoms with E-state index in [2.05, 4.69) is 39.3 Å². The molecule has 0 saturated heterocycles. The maximum absolute atomic E-state index is 12.6. The van der Waals surface area contributed by atoms with E-state index in [4.69, 9.17) is 0 Å². The molecule has 4 rings (SSSR count). The Morgan fingerprint density at radius 3 is 2.79 bits per heavy atom. The molecule has 2 heterocycles. The van der Waals surface area contributed by atoms with Crippen LogP contribution in [0.4, 0.5) is 0 Å². The van der Waals surface area contributed by atoms with Gasteiger partial charge in [-0.1, -0.05) is 30.3 Å². The highest BCUT2D eigenvalue weighted by molar-refractivity contribution is 5.81. The molecule has 2 aromatic carbocycles. The predicted octanol–water partition coefficient (Wildman–Crippen LogP) is 3.26. The molecule has 1 N–H and O–H groups in total. The van der Waals surface area contributed by atoms with Gasteiger partial charge in [0.2, 0.25) is 5.91 Å². The summed E-state index contributed by atoms with van der Waals surface area (Å²) in [7, 11) is 0. The summed E-state index contributed by atoms with van der Waals surface area (Å²) in [6.45, 7) is 3.71. The molecule has 2 aromatic heterocycles. The number of hydrogen-bond acceptors (Lipinski definition) is 3. The van der Waals surface area contributed by atoms with Gasteiger partial charge < -0.3 is 9.88 Å². The fourth-order valence-corrected chi connectivity index (χ4v) is 3.62. The molecule has 148 valence electrons. The normalized spacial score (nSPS) is 11.2. The first kappa shape index (κ1) is 18.9. The zero-order chi connectivity index (χ0) is 20.2. The van der Waals surface area contributed by atoms with E-state index in [1.54, 1.807) is 6.07 Å². The van der Waals surface area contributed by atoms with E-state index in [0.717, 1.165) is 24.0 Å². The van der Waals surface area contributed by atoms with Crippen LogP contribution in [0.25, 0.3) is 21.8 Å². The standard InChI is InChI=1S/C23H24N4O2/c1-17-6-4-8-19-22(17)25-16-27(23(19)29)15-11-21(28)24-12-5-13-26-14-10-18-7-2-3-9-20(18)26/h2-4,6-10,14,16H,5,11-13,15H2,1H3,(H,24,28). The van der Waals surface area contributed by atoms with Crippen LogP contribution in [0.1, 0.15) is 18.4 Å². The van der Waals surface area contributed by atoms with Crippen molar-refractivity contribution < 1.29 is 4.79 Å². The van der Waals surface area contributed by atoms with Crippen LogP contribution in [-0.4, -0.2) is 26.6 Å². The zero-order valence-corrected chi connectivity index (χ0v) is 16.5. The average molecular weight is 388 g/mol. The monoisotopic (exact) mass is 388 g/mol. The molecule has 0 spiro atoms. The summed E-state index contributed by atoms with van der Waals surface area (Å²) in [4.78, 5) is 29.1. The van der Waals surface area contributed by atoms with Crippen LogP contribution in [0.3, 0.4) is 0 Å². The molecule has 0 aliphatic carbocycles. The van der Waals surface area contributed by atoms with Gasteiger partial charge in [-0.2, -0.15) is 0 Å². The molecule has 0 bridgehead atoms. The first-order valence-electron chi connectivity index (χ1n) is 9.89. The van der Waals surface area contributed by atoms with Crippen molar-refractivity contribution in [1.29, 1.82) is 0 Å². The van der Waals surface area contributed by atoms with E-state index in [1.165, 1.54) is 21.8 Å². The maximum Gasteiger partial charge on any atom is 0.261 e. The fraction of sp³-hybridized carbons (Fsp3) is 0.261. The number of rotatable bonds is 7. The van der Waals surface area contributed by atoms with Crippen molar-refractivity contribution >= 4 is 27.7 Å². The zero-order valence-electron chi connectivity index (χ0n) is 16.5. The topological polar surface area (TPSA) is 68.9 Å². The van der Waals surface area contributed by atoms with Gasteiger partial charge >= 0.3 is 0 Å². The largest absolute Gasteiger partial charge is 0.356 e. The number of hydrogen-bond donors (Lipinski definition) is 1. The Hall–Kier alpha value is -3.41. The summed E-state index contributed by atoms with van der Waals surface area (Å²) in [5.74, 6) is -0.0568. The van der Waals surface area contributed by atoms with Crippen LogP contribution < -0.4 is 10.9 Å². The Balaban J connectivity index is 1.28. The molecule has 0 unspecified atom stereocenters. The fourth-order valence-electron chi connectivity index (χ4n) is 3.62. The molecule has 29 heavy (non-hydrogen) atoms. The third-order valence-electron chi connectivity index (χ3n) is 5.21. The van der Waals surface area contributed by atoms with E-state index in [9.17, 15) is 9.59 Å². The Morgan fingerprint density at radius 1 is 1.03 bits per heavy atom. The van der Waals surface area contributed by atoms with E-state index in [-0.39, 0.29) is 17.9 Å². The molecule has 0 aliphatic rings. The molecule has 0 saturated carbocycles. The van der Waals surface area contributed by atoms with Crippen LogP contribution >= 0.6 is 0 Å². The van der Waals surface area contributed by atoms with Gasteiger partial charge in [0.05, 0.1) is 17.2 Å². The average Bonchev–Trinajstić information content (AvgIpc) is 3.14. The number of amides is 1. The van der Waals surface area contributed by atoms with Crippen molar-refractivity contribution in [3.63, 3.8) is 0 Å². The lowest BCUT2D eigenvalue weighted by Crippen LogP contribution is -2.28. The SMILES string of the molecule is Cc1cccc2c(=O)n(CCC(=O)NCCCn3ccc4ccccc43)cnc12. The van der Waals surface area contributed by atoms with Crippen LogP contribution in [0.5, 0.6) is 0 Å². The highest BCUT2D eigenvalue weighted by atomic mass is 16.1. The van der Waals surface area contributed by atoms with Crippen molar-refractivity contribution in [1.82, 2.24) is 19.4 Å². The summed E-state index contributed by atoms with van der Waals surface area (Å²) in [5.41, 5.74) is 2.79. The molecular weight excluding hydrogens is 364 g/mol. The summed E-state index contributed by atoms with van der Waals surface area (Å²) < 4.78 is 3.71. The molecule has 1 amide bonds. The second kappa shape index (κ2) is 8.31. The minimum absolute atomic E-state index is 0.0568. The number of carbonyl (C=O) groups excluding carboxylic acids is 1. The number of para-hydroxylation sites is 2. The second-order valence-electron chi connectivity index (χ2n) is 7.24. The minimum Gasteiger partial charge on any atom is -0.356 e. The van der Waals surface area contributed by atoms with Gasteiger partial charge in [-0.05, 0) is 42.5 Å². The third kappa shape index (κ3) is 4.06. The predicted molar refractivity (Wildman–Crippen MR) is 115 cm³/mol. The Kier molecular flexibility index (Phi) is 5.42. The summed E-state index contributed by atoms with van der Waals surface area (Å²) in [6, 6.07) is 15.9. The van der Waals surface area contributed by atoms with E-state index < -0.39 is 0 Å². The first-order valence-corrected chi connectivity index (χ1v) is 9.89. The summed E-state index contributed by atoms with van der Waals surface area (Å²) >= 11 is 0. The van der Waals surface area contributed by atoms with Gasteiger partial charge in [-0.3, -0.25) is 14.2 Å². The van der Waals surface area contributed by atoms with Gasteiger partial charge in [-0.15, -0.1) is 0 Å². The second-order valence-corrected chi connectivity index (χ2v) is 7.24. The molecule has 0 radical (unpaired) electrons. The van der Waals surface area contributed by atoms with Crippen LogP contribution in [0.2, 0.25) is 0 Å². The van der Waals surface area contributed by atoms with Crippen LogP contribution in [0.15, 0.2) is 65.8 Å². The molecule has 0 aliphatic heterocycles.